The molecule has 4 rings (SSSR count). The molecule has 37 heavy (non-hydrogen) atoms. The SMILES string of the molecule is O=C(COc1ccccc1/C=N\NC(=O)C(=O)NCc1ccc2c(c1)OCO2)Nc1ccc(Br)cc1F. The third-order valence-corrected chi connectivity index (χ3v) is 5.44. The van der Waals surface area contributed by atoms with E-state index in [2.05, 4.69) is 37.1 Å². The lowest BCUT2D eigenvalue weighted by molar-refractivity contribution is -0.139. The van der Waals surface area contributed by atoms with Crippen molar-refractivity contribution in [1.29, 1.82) is 0 Å². The highest BCUT2D eigenvalue weighted by Crippen LogP contribution is 2.32. The van der Waals surface area contributed by atoms with Gasteiger partial charge in [0.15, 0.2) is 18.1 Å². The lowest BCUT2D eigenvalue weighted by atomic mass is 10.2. The van der Waals surface area contributed by atoms with Crippen molar-refractivity contribution in [3.63, 3.8) is 0 Å². The fourth-order valence-electron chi connectivity index (χ4n) is 3.16. The van der Waals surface area contributed by atoms with Gasteiger partial charge in [-0.05, 0) is 48.0 Å². The summed E-state index contributed by atoms with van der Waals surface area (Å²) < 4.78 is 30.5. The molecule has 3 aromatic carbocycles. The number of fused-ring (bicyclic) bond motifs is 1. The van der Waals surface area contributed by atoms with Crippen LogP contribution in [0.2, 0.25) is 0 Å². The minimum atomic E-state index is -0.966. The molecule has 10 nitrogen and oxygen atoms in total. The Labute approximate surface area is 218 Å². The summed E-state index contributed by atoms with van der Waals surface area (Å²) in [5.41, 5.74) is 3.32. The number of anilines is 1. The second kappa shape index (κ2) is 12.0. The molecule has 0 fully saturated rings. The number of benzene rings is 3. The molecule has 1 aliphatic heterocycles. The molecule has 0 unspecified atom stereocenters. The van der Waals surface area contributed by atoms with Crippen molar-refractivity contribution in [1.82, 2.24) is 10.7 Å². The highest BCUT2D eigenvalue weighted by molar-refractivity contribution is 9.10. The number of ether oxygens (including phenoxy) is 3. The first kappa shape index (κ1) is 25.6. The van der Waals surface area contributed by atoms with Crippen LogP contribution in [-0.2, 0) is 20.9 Å². The van der Waals surface area contributed by atoms with Crippen LogP contribution in [0.3, 0.4) is 0 Å². The van der Waals surface area contributed by atoms with Crippen LogP contribution in [0.4, 0.5) is 10.1 Å². The molecule has 0 spiro atoms. The van der Waals surface area contributed by atoms with Gasteiger partial charge < -0.3 is 24.8 Å². The molecule has 0 atom stereocenters. The van der Waals surface area contributed by atoms with E-state index in [-0.39, 0.29) is 19.0 Å². The van der Waals surface area contributed by atoms with Gasteiger partial charge in [0, 0.05) is 16.6 Å². The Morgan fingerprint density at radius 3 is 2.68 bits per heavy atom. The summed E-state index contributed by atoms with van der Waals surface area (Å²) in [6.45, 7) is -0.149. The van der Waals surface area contributed by atoms with Gasteiger partial charge >= 0.3 is 11.8 Å². The lowest BCUT2D eigenvalue weighted by Gasteiger charge is -2.10. The number of halogens is 2. The van der Waals surface area contributed by atoms with Crippen LogP contribution in [-0.4, -0.2) is 37.3 Å². The molecular formula is C25H20BrFN4O6. The van der Waals surface area contributed by atoms with Crippen molar-refractivity contribution in [2.45, 2.75) is 6.54 Å². The Morgan fingerprint density at radius 1 is 1.03 bits per heavy atom. The molecule has 12 heteroatoms. The molecule has 0 saturated carbocycles. The third-order valence-electron chi connectivity index (χ3n) is 4.95. The van der Waals surface area contributed by atoms with Crippen LogP contribution in [0.15, 0.2) is 70.2 Å². The van der Waals surface area contributed by atoms with Crippen molar-refractivity contribution in [3.8, 4) is 17.2 Å². The summed E-state index contributed by atoms with van der Waals surface area (Å²) in [5, 5.41) is 8.70. The van der Waals surface area contributed by atoms with Crippen molar-refractivity contribution >= 4 is 45.6 Å². The van der Waals surface area contributed by atoms with Gasteiger partial charge in [0.1, 0.15) is 11.6 Å². The zero-order chi connectivity index (χ0) is 26.2. The van der Waals surface area contributed by atoms with E-state index in [1.807, 2.05) is 0 Å². The zero-order valence-electron chi connectivity index (χ0n) is 19.1. The number of hydrazone groups is 1. The number of nitrogens with zero attached hydrogens (tertiary/aromatic N) is 1. The predicted octanol–water partition coefficient (Wildman–Crippen LogP) is 3.10. The van der Waals surface area contributed by atoms with E-state index in [0.29, 0.717) is 27.3 Å². The summed E-state index contributed by atoms with van der Waals surface area (Å²) in [5.74, 6) is -1.53. The molecule has 0 radical (unpaired) electrons. The van der Waals surface area contributed by atoms with Crippen molar-refractivity contribution in [2.75, 3.05) is 18.7 Å². The Bertz CT molecular complexity index is 1370. The van der Waals surface area contributed by atoms with Gasteiger partial charge in [-0.3, -0.25) is 14.4 Å². The number of carbonyl (C=O) groups excluding carboxylic acids is 3. The van der Waals surface area contributed by atoms with Crippen LogP contribution < -0.4 is 30.3 Å². The Balaban J connectivity index is 1.26. The number of para-hydroxylation sites is 1. The van der Waals surface area contributed by atoms with Gasteiger partial charge in [-0.2, -0.15) is 5.10 Å². The second-order valence-corrected chi connectivity index (χ2v) is 8.48. The molecule has 190 valence electrons. The van der Waals surface area contributed by atoms with Crippen molar-refractivity contribution in [2.24, 2.45) is 5.10 Å². The molecule has 1 heterocycles. The average Bonchev–Trinajstić information content (AvgIpc) is 3.36. The average molecular weight is 571 g/mol. The highest BCUT2D eigenvalue weighted by Gasteiger charge is 2.16. The minimum absolute atomic E-state index is 0.0196. The normalized spacial score (nSPS) is 11.7. The maximum Gasteiger partial charge on any atom is 0.329 e. The predicted molar refractivity (Wildman–Crippen MR) is 135 cm³/mol. The van der Waals surface area contributed by atoms with Crippen LogP contribution >= 0.6 is 15.9 Å². The van der Waals surface area contributed by atoms with E-state index in [4.69, 9.17) is 14.2 Å². The number of nitrogens with one attached hydrogen (secondary N) is 3. The van der Waals surface area contributed by atoms with E-state index >= 15 is 0 Å². The van der Waals surface area contributed by atoms with Gasteiger partial charge in [0.05, 0.1) is 11.9 Å². The summed E-state index contributed by atoms with van der Waals surface area (Å²) in [6, 6.07) is 16.0. The Hall–Kier alpha value is -4.45. The van der Waals surface area contributed by atoms with Gasteiger partial charge in [0.25, 0.3) is 5.91 Å². The topological polar surface area (TPSA) is 127 Å². The number of hydrogen-bond donors (Lipinski definition) is 3. The number of carbonyl (C=O) groups is 3. The highest BCUT2D eigenvalue weighted by atomic mass is 79.9. The molecule has 0 saturated heterocycles. The van der Waals surface area contributed by atoms with E-state index in [1.165, 1.54) is 18.3 Å². The molecule has 3 aromatic rings. The smallest absolute Gasteiger partial charge is 0.329 e. The number of rotatable bonds is 8. The third kappa shape index (κ3) is 7.04. The first-order valence-corrected chi connectivity index (χ1v) is 11.6. The van der Waals surface area contributed by atoms with Gasteiger partial charge in [-0.1, -0.05) is 34.1 Å². The zero-order valence-corrected chi connectivity index (χ0v) is 20.7. The minimum Gasteiger partial charge on any atom is -0.483 e. The molecule has 0 bridgehead atoms. The summed E-state index contributed by atoms with van der Waals surface area (Å²) >= 11 is 3.15. The van der Waals surface area contributed by atoms with Gasteiger partial charge in [-0.15, -0.1) is 0 Å². The van der Waals surface area contributed by atoms with Gasteiger partial charge in [0.2, 0.25) is 6.79 Å². The first-order valence-electron chi connectivity index (χ1n) is 10.9. The Kier molecular flexibility index (Phi) is 8.31. The summed E-state index contributed by atoms with van der Waals surface area (Å²) in [7, 11) is 0. The molecule has 3 N–H and O–H groups in total. The monoisotopic (exact) mass is 570 g/mol. The van der Waals surface area contributed by atoms with Crippen LogP contribution in [0.5, 0.6) is 17.2 Å². The van der Waals surface area contributed by atoms with Crippen molar-refractivity contribution < 1.29 is 33.0 Å². The lowest BCUT2D eigenvalue weighted by Crippen LogP contribution is -2.37. The van der Waals surface area contributed by atoms with E-state index in [0.717, 1.165) is 5.56 Å². The molecule has 1 aliphatic rings. The van der Waals surface area contributed by atoms with Crippen LogP contribution in [0.1, 0.15) is 11.1 Å². The molecule has 0 aliphatic carbocycles. The van der Waals surface area contributed by atoms with Crippen LogP contribution in [0.25, 0.3) is 0 Å². The maximum absolute atomic E-state index is 13.9. The number of hydrogen-bond acceptors (Lipinski definition) is 7. The fourth-order valence-corrected chi connectivity index (χ4v) is 3.50. The maximum atomic E-state index is 13.9. The Morgan fingerprint density at radius 2 is 1.84 bits per heavy atom. The molecular weight excluding hydrogens is 551 g/mol. The summed E-state index contributed by atoms with van der Waals surface area (Å²) in [4.78, 5) is 36.3. The molecule has 3 amide bonds. The van der Waals surface area contributed by atoms with Crippen molar-refractivity contribution in [3.05, 3.63) is 82.1 Å². The van der Waals surface area contributed by atoms with Gasteiger partial charge in [-0.25, -0.2) is 9.82 Å². The number of amides is 3. The fraction of sp³-hybridized carbons (Fsp3) is 0.120. The van der Waals surface area contributed by atoms with E-state index < -0.39 is 30.1 Å². The van der Waals surface area contributed by atoms with E-state index in [1.54, 1.807) is 48.5 Å². The molecule has 0 aromatic heterocycles. The largest absolute Gasteiger partial charge is 0.483 e. The first-order chi connectivity index (χ1) is 17.9. The summed E-state index contributed by atoms with van der Waals surface area (Å²) in [6.07, 6.45) is 1.27. The second-order valence-electron chi connectivity index (χ2n) is 7.57. The van der Waals surface area contributed by atoms with Crippen LogP contribution in [0, 0.1) is 5.82 Å². The van der Waals surface area contributed by atoms with E-state index in [9.17, 15) is 18.8 Å². The quantitative estimate of drug-likeness (QED) is 0.217. The standard InChI is InChI=1S/C25H20BrFN4O6/c26-17-6-7-19(18(27)10-17)30-23(32)13-35-20-4-2-1-3-16(20)12-29-31-25(34)24(33)28-11-15-5-8-21-22(9-15)37-14-36-21/h1-10,12H,11,13-14H2,(H,28,33)(H,30,32)(H,31,34)/b29-12-.